The van der Waals surface area contributed by atoms with Crippen molar-refractivity contribution >= 4 is 28.3 Å². The highest BCUT2D eigenvalue weighted by Crippen LogP contribution is 2.20. The standard InChI is InChI=1S/C17H16N4O5/c1-19-14-7-6-11(8-15(14)20(2)17(19)23)18-16(22)10-26-13-5-3-4-12(9-13)21(24)25/h3-9H,10H2,1-2H3,(H,18,22). The van der Waals surface area contributed by atoms with Gasteiger partial charge in [-0.2, -0.15) is 0 Å². The molecule has 3 aromatic rings. The number of nitrogens with zero attached hydrogens (tertiary/aromatic N) is 3. The van der Waals surface area contributed by atoms with Gasteiger partial charge < -0.3 is 10.1 Å². The lowest BCUT2D eigenvalue weighted by Gasteiger charge is -2.08. The summed E-state index contributed by atoms with van der Waals surface area (Å²) in [6.07, 6.45) is 0. The van der Waals surface area contributed by atoms with E-state index in [9.17, 15) is 19.7 Å². The average molecular weight is 356 g/mol. The molecule has 1 N–H and O–H groups in total. The number of carbonyl (C=O) groups is 1. The molecule has 0 aliphatic heterocycles. The van der Waals surface area contributed by atoms with Crippen LogP contribution in [-0.4, -0.2) is 26.6 Å². The number of rotatable bonds is 5. The third-order valence-corrected chi connectivity index (χ3v) is 3.95. The first-order chi connectivity index (χ1) is 12.4. The van der Waals surface area contributed by atoms with E-state index in [2.05, 4.69) is 5.32 Å². The van der Waals surface area contributed by atoms with Crippen LogP contribution in [0.4, 0.5) is 11.4 Å². The van der Waals surface area contributed by atoms with E-state index in [-0.39, 0.29) is 23.7 Å². The maximum atomic E-state index is 12.1. The number of hydrogen-bond donors (Lipinski definition) is 1. The van der Waals surface area contributed by atoms with Crippen LogP contribution in [-0.2, 0) is 18.9 Å². The van der Waals surface area contributed by atoms with Crippen LogP contribution in [0.5, 0.6) is 5.75 Å². The first-order valence-electron chi connectivity index (χ1n) is 7.69. The van der Waals surface area contributed by atoms with Gasteiger partial charge in [0.15, 0.2) is 6.61 Å². The molecule has 0 saturated heterocycles. The highest BCUT2D eigenvalue weighted by atomic mass is 16.6. The Morgan fingerprint density at radius 1 is 1.15 bits per heavy atom. The molecule has 9 nitrogen and oxygen atoms in total. The molecular formula is C17H16N4O5. The predicted octanol–water partition coefficient (Wildman–Crippen LogP) is 1.80. The molecule has 0 spiro atoms. The van der Waals surface area contributed by atoms with Crippen molar-refractivity contribution in [2.45, 2.75) is 0 Å². The molecule has 0 fully saturated rings. The Labute approximate surface area is 147 Å². The molecule has 1 amide bonds. The van der Waals surface area contributed by atoms with Crippen molar-refractivity contribution in [2.24, 2.45) is 14.1 Å². The van der Waals surface area contributed by atoms with Gasteiger partial charge in [-0.3, -0.25) is 24.0 Å². The topological polar surface area (TPSA) is 108 Å². The molecule has 0 saturated carbocycles. The minimum atomic E-state index is -0.535. The fourth-order valence-corrected chi connectivity index (χ4v) is 2.62. The zero-order valence-electron chi connectivity index (χ0n) is 14.1. The molecular weight excluding hydrogens is 340 g/mol. The summed E-state index contributed by atoms with van der Waals surface area (Å²) in [6, 6.07) is 10.7. The van der Waals surface area contributed by atoms with Crippen LogP contribution in [0.25, 0.3) is 11.0 Å². The van der Waals surface area contributed by atoms with Gasteiger partial charge in [-0.05, 0) is 24.3 Å². The summed E-state index contributed by atoms with van der Waals surface area (Å²) in [4.78, 5) is 34.2. The van der Waals surface area contributed by atoms with Crippen LogP contribution < -0.4 is 15.7 Å². The van der Waals surface area contributed by atoms with Crippen molar-refractivity contribution in [3.05, 3.63) is 63.1 Å². The first kappa shape index (κ1) is 17.2. The van der Waals surface area contributed by atoms with Gasteiger partial charge in [0.25, 0.3) is 11.6 Å². The van der Waals surface area contributed by atoms with Gasteiger partial charge in [-0.15, -0.1) is 0 Å². The Bertz CT molecular complexity index is 1070. The van der Waals surface area contributed by atoms with Crippen molar-refractivity contribution < 1.29 is 14.5 Å². The Morgan fingerprint density at radius 2 is 1.88 bits per heavy atom. The van der Waals surface area contributed by atoms with Gasteiger partial charge in [0, 0.05) is 25.8 Å². The number of nitrogens with one attached hydrogen (secondary N) is 1. The molecule has 26 heavy (non-hydrogen) atoms. The number of benzene rings is 2. The summed E-state index contributed by atoms with van der Waals surface area (Å²) in [5.74, 6) is -0.188. The van der Waals surface area contributed by atoms with Crippen LogP contribution >= 0.6 is 0 Å². The Hall–Kier alpha value is -3.62. The van der Waals surface area contributed by atoms with Crippen LogP contribution in [0.2, 0.25) is 0 Å². The second kappa shape index (κ2) is 6.71. The molecule has 0 aliphatic rings. The van der Waals surface area contributed by atoms with Crippen LogP contribution in [0.1, 0.15) is 0 Å². The van der Waals surface area contributed by atoms with Gasteiger partial charge in [-0.25, -0.2) is 4.79 Å². The molecule has 0 unspecified atom stereocenters. The summed E-state index contributed by atoms with van der Waals surface area (Å²) in [7, 11) is 3.33. The normalized spacial score (nSPS) is 10.7. The van der Waals surface area contributed by atoms with E-state index in [4.69, 9.17) is 4.74 Å². The molecule has 3 rings (SSSR count). The SMILES string of the molecule is Cn1c(=O)n(C)c2cc(NC(=O)COc3cccc([N+](=O)[O-])c3)ccc21. The minimum Gasteiger partial charge on any atom is -0.484 e. The van der Waals surface area contributed by atoms with Crippen molar-refractivity contribution in [2.75, 3.05) is 11.9 Å². The molecule has 0 aliphatic carbocycles. The molecule has 134 valence electrons. The maximum Gasteiger partial charge on any atom is 0.328 e. The fraction of sp³-hybridized carbons (Fsp3) is 0.176. The lowest BCUT2D eigenvalue weighted by molar-refractivity contribution is -0.384. The number of imidazole rings is 1. The maximum absolute atomic E-state index is 12.1. The van der Waals surface area contributed by atoms with E-state index < -0.39 is 10.8 Å². The third kappa shape index (κ3) is 3.27. The zero-order valence-corrected chi connectivity index (χ0v) is 14.1. The summed E-state index contributed by atoms with van der Waals surface area (Å²) < 4.78 is 8.30. The molecule has 1 aromatic heterocycles. The first-order valence-corrected chi connectivity index (χ1v) is 7.69. The quantitative estimate of drug-likeness (QED) is 0.554. The summed E-state index contributed by atoms with van der Waals surface area (Å²) in [6.45, 7) is -0.299. The number of anilines is 1. The summed E-state index contributed by atoms with van der Waals surface area (Å²) in [5.41, 5.74) is 1.69. The van der Waals surface area contributed by atoms with Crippen molar-refractivity contribution in [1.29, 1.82) is 0 Å². The number of non-ortho nitro benzene ring substituents is 1. The highest BCUT2D eigenvalue weighted by molar-refractivity contribution is 5.94. The van der Waals surface area contributed by atoms with Crippen molar-refractivity contribution in [3.8, 4) is 5.75 Å². The minimum absolute atomic E-state index is 0.113. The number of amides is 1. The van der Waals surface area contributed by atoms with E-state index in [0.717, 1.165) is 5.52 Å². The predicted molar refractivity (Wildman–Crippen MR) is 95.4 cm³/mol. The van der Waals surface area contributed by atoms with Crippen LogP contribution in [0.15, 0.2) is 47.3 Å². The molecule has 1 heterocycles. The van der Waals surface area contributed by atoms with E-state index in [0.29, 0.717) is 11.2 Å². The largest absolute Gasteiger partial charge is 0.484 e. The van der Waals surface area contributed by atoms with E-state index in [1.54, 1.807) is 32.3 Å². The summed E-state index contributed by atoms with van der Waals surface area (Å²) >= 11 is 0. The lowest BCUT2D eigenvalue weighted by Crippen LogP contribution is -2.20. The number of aryl methyl sites for hydroxylation is 2. The molecule has 9 heteroatoms. The van der Waals surface area contributed by atoms with Crippen LogP contribution in [0.3, 0.4) is 0 Å². The van der Waals surface area contributed by atoms with Gasteiger partial charge in [0.2, 0.25) is 0 Å². The van der Waals surface area contributed by atoms with Gasteiger partial charge in [-0.1, -0.05) is 6.07 Å². The van der Waals surface area contributed by atoms with Crippen molar-refractivity contribution in [1.82, 2.24) is 9.13 Å². The molecule has 0 radical (unpaired) electrons. The molecule has 2 aromatic carbocycles. The second-order valence-corrected chi connectivity index (χ2v) is 5.70. The number of carbonyl (C=O) groups excluding carboxylic acids is 1. The smallest absolute Gasteiger partial charge is 0.328 e. The number of nitro benzene ring substituents is 1. The van der Waals surface area contributed by atoms with Crippen LogP contribution in [0, 0.1) is 10.1 Å². The Morgan fingerprint density at radius 3 is 2.62 bits per heavy atom. The van der Waals surface area contributed by atoms with Gasteiger partial charge >= 0.3 is 5.69 Å². The number of fused-ring (bicyclic) bond motifs is 1. The van der Waals surface area contributed by atoms with Crippen molar-refractivity contribution in [3.63, 3.8) is 0 Å². The lowest BCUT2D eigenvalue weighted by atomic mass is 10.2. The monoisotopic (exact) mass is 356 g/mol. The number of hydrogen-bond acceptors (Lipinski definition) is 5. The van der Waals surface area contributed by atoms with E-state index in [1.807, 2.05) is 0 Å². The fourth-order valence-electron chi connectivity index (χ4n) is 2.62. The molecule has 0 bridgehead atoms. The van der Waals surface area contributed by atoms with Gasteiger partial charge in [0.1, 0.15) is 5.75 Å². The number of nitro groups is 1. The average Bonchev–Trinajstić information content (AvgIpc) is 2.84. The Kier molecular flexibility index (Phi) is 4.44. The van der Waals surface area contributed by atoms with E-state index in [1.165, 1.54) is 33.4 Å². The summed E-state index contributed by atoms with van der Waals surface area (Å²) in [5, 5.41) is 13.4. The number of aromatic nitrogens is 2. The Balaban J connectivity index is 1.69. The highest BCUT2D eigenvalue weighted by Gasteiger charge is 2.11. The van der Waals surface area contributed by atoms with Gasteiger partial charge in [0.05, 0.1) is 22.0 Å². The number of ether oxygens (including phenoxy) is 1. The second-order valence-electron chi connectivity index (χ2n) is 5.70. The molecule has 0 atom stereocenters. The zero-order chi connectivity index (χ0) is 18.8. The third-order valence-electron chi connectivity index (χ3n) is 3.95. The van der Waals surface area contributed by atoms with E-state index >= 15 is 0 Å².